The fourth-order valence-electron chi connectivity index (χ4n) is 4.05. The second kappa shape index (κ2) is 7.50. The van der Waals surface area contributed by atoms with Gasteiger partial charge in [-0.05, 0) is 24.2 Å². The summed E-state index contributed by atoms with van der Waals surface area (Å²) in [5.41, 5.74) is -4.04. The molecule has 0 aromatic heterocycles. The molecule has 0 amide bonds. The first kappa shape index (κ1) is 22.3. The van der Waals surface area contributed by atoms with Crippen LogP contribution in [0, 0.1) is 16.7 Å². The standard InChI is InChI=1S/C16H22O8.Ca/c1-14(2)9-3-4-15(14,10(17)5-9)8-24-12(20)7-16(23,13(21)22)6-11(18)19;/h9,23H,3-8H2,1-2H3,(H,18,19)(H,21,22);/q;+2/p-2. The van der Waals surface area contributed by atoms with E-state index in [1.807, 2.05) is 13.8 Å². The number of esters is 1. The van der Waals surface area contributed by atoms with Gasteiger partial charge in [-0.25, -0.2) is 0 Å². The van der Waals surface area contributed by atoms with E-state index >= 15 is 0 Å². The second-order valence-corrected chi connectivity index (χ2v) is 7.37. The van der Waals surface area contributed by atoms with Crippen LogP contribution in [0.3, 0.4) is 0 Å². The van der Waals surface area contributed by atoms with E-state index in [4.69, 9.17) is 4.74 Å². The third-order valence-corrected chi connectivity index (χ3v) is 5.87. The van der Waals surface area contributed by atoms with Crippen LogP contribution in [-0.2, 0) is 23.9 Å². The van der Waals surface area contributed by atoms with Gasteiger partial charge in [0.25, 0.3) is 0 Å². The number of rotatable bonds is 7. The molecule has 0 aromatic rings. The van der Waals surface area contributed by atoms with E-state index in [0.717, 1.165) is 6.42 Å². The topological polar surface area (TPSA) is 144 Å². The van der Waals surface area contributed by atoms with Crippen molar-refractivity contribution < 1.29 is 39.2 Å². The van der Waals surface area contributed by atoms with E-state index in [9.17, 15) is 34.5 Å². The SMILES string of the molecule is CC1(C)C2CCC1(COC(=O)CC(O)(CC(=O)[O-])C(=O)[O-])C(=O)C2.[Ca+2]. The molecule has 8 nitrogen and oxygen atoms in total. The largest absolute Gasteiger partial charge is 2.00 e. The molecule has 2 fully saturated rings. The number of ketones is 1. The van der Waals surface area contributed by atoms with Crippen molar-refractivity contribution in [2.45, 2.75) is 51.6 Å². The van der Waals surface area contributed by atoms with Crippen molar-refractivity contribution in [3.05, 3.63) is 0 Å². The van der Waals surface area contributed by atoms with Crippen LogP contribution >= 0.6 is 0 Å². The maximum absolute atomic E-state index is 12.3. The van der Waals surface area contributed by atoms with Crippen LogP contribution in [0.25, 0.3) is 0 Å². The number of carbonyl (C=O) groups excluding carboxylic acids is 4. The zero-order valence-corrected chi connectivity index (χ0v) is 16.5. The molecule has 25 heavy (non-hydrogen) atoms. The van der Waals surface area contributed by atoms with Gasteiger partial charge in [-0.15, -0.1) is 0 Å². The third kappa shape index (κ3) is 3.86. The van der Waals surface area contributed by atoms with Crippen molar-refractivity contribution in [2.75, 3.05) is 6.61 Å². The fraction of sp³-hybridized carbons (Fsp3) is 0.750. The van der Waals surface area contributed by atoms with Crippen LogP contribution in [0.15, 0.2) is 0 Å². The molecule has 0 aliphatic heterocycles. The zero-order chi connectivity index (χ0) is 18.3. The van der Waals surface area contributed by atoms with E-state index in [1.54, 1.807) is 0 Å². The molecule has 1 N–H and O–H groups in total. The molecule has 0 radical (unpaired) electrons. The van der Waals surface area contributed by atoms with Crippen molar-refractivity contribution in [3.63, 3.8) is 0 Å². The number of carbonyl (C=O) groups is 4. The van der Waals surface area contributed by atoms with Crippen LogP contribution < -0.4 is 10.2 Å². The average Bonchev–Trinajstić information content (AvgIpc) is 2.78. The number of fused-ring (bicyclic) bond motifs is 2. The summed E-state index contributed by atoms with van der Waals surface area (Å²) in [5.74, 6) is -4.79. The van der Waals surface area contributed by atoms with Gasteiger partial charge in [-0.1, -0.05) is 13.8 Å². The molecule has 2 aliphatic carbocycles. The average molecular weight is 380 g/mol. The molecular weight excluding hydrogens is 360 g/mol. The van der Waals surface area contributed by atoms with Gasteiger partial charge in [0.15, 0.2) is 0 Å². The molecule has 2 rings (SSSR count). The summed E-state index contributed by atoms with van der Waals surface area (Å²) in [6.45, 7) is 3.68. The van der Waals surface area contributed by atoms with Crippen molar-refractivity contribution in [1.29, 1.82) is 0 Å². The summed E-state index contributed by atoms with van der Waals surface area (Å²) >= 11 is 0. The Labute approximate surface area is 174 Å². The summed E-state index contributed by atoms with van der Waals surface area (Å²) in [6.07, 6.45) is -0.512. The van der Waals surface area contributed by atoms with Crippen molar-refractivity contribution >= 4 is 61.4 Å². The summed E-state index contributed by atoms with van der Waals surface area (Å²) in [7, 11) is 0. The second-order valence-electron chi connectivity index (χ2n) is 7.37. The van der Waals surface area contributed by atoms with Gasteiger partial charge in [0.1, 0.15) is 18.0 Å². The van der Waals surface area contributed by atoms with Gasteiger partial charge in [0, 0.05) is 18.8 Å². The van der Waals surface area contributed by atoms with Crippen molar-refractivity contribution in [2.24, 2.45) is 16.7 Å². The Morgan fingerprint density at radius 1 is 1.28 bits per heavy atom. The first-order chi connectivity index (χ1) is 10.9. The summed E-state index contributed by atoms with van der Waals surface area (Å²) in [4.78, 5) is 45.6. The van der Waals surface area contributed by atoms with Gasteiger partial charge in [0.2, 0.25) is 0 Å². The number of carboxylic acid groups (broad SMARTS) is 2. The van der Waals surface area contributed by atoms with Crippen LogP contribution in [0.4, 0.5) is 0 Å². The molecule has 0 heterocycles. The number of aliphatic hydroxyl groups is 1. The smallest absolute Gasteiger partial charge is 0.550 e. The van der Waals surface area contributed by atoms with Crippen LogP contribution in [0.2, 0.25) is 0 Å². The molecule has 0 spiro atoms. The molecule has 2 saturated carbocycles. The molecule has 3 atom stereocenters. The Balaban J connectivity index is 0.00000312. The van der Waals surface area contributed by atoms with E-state index < -0.39 is 41.8 Å². The molecule has 0 aromatic carbocycles. The maximum atomic E-state index is 12.3. The van der Waals surface area contributed by atoms with Gasteiger partial charge >= 0.3 is 43.7 Å². The molecule has 134 valence electrons. The Morgan fingerprint density at radius 2 is 1.88 bits per heavy atom. The Bertz CT molecular complexity index is 601. The number of carboxylic acids is 2. The molecule has 9 heteroatoms. The Morgan fingerprint density at radius 3 is 2.28 bits per heavy atom. The first-order valence-electron chi connectivity index (χ1n) is 7.77. The normalized spacial score (nSPS) is 28.8. The molecule has 2 aliphatic rings. The van der Waals surface area contributed by atoms with Gasteiger partial charge < -0.3 is 29.6 Å². The Hall–Kier alpha value is -0.700. The molecule has 3 unspecified atom stereocenters. The summed E-state index contributed by atoms with van der Waals surface area (Å²) < 4.78 is 5.06. The number of aliphatic carboxylic acids is 2. The third-order valence-electron chi connectivity index (χ3n) is 5.87. The Kier molecular flexibility index (Phi) is 6.70. The van der Waals surface area contributed by atoms with Gasteiger partial charge in [-0.3, -0.25) is 9.59 Å². The van der Waals surface area contributed by atoms with Gasteiger partial charge in [-0.2, -0.15) is 0 Å². The molecule has 2 bridgehead atoms. The van der Waals surface area contributed by atoms with E-state index in [1.165, 1.54) is 0 Å². The van der Waals surface area contributed by atoms with Crippen LogP contribution in [0.1, 0.15) is 46.0 Å². The number of Topliss-reactive ketones (excluding diaryl/α,β-unsaturated/α-hetero) is 1. The summed E-state index contributed by atoms with van der Waals surface area (Å²) in [5, 5.41) is 31.2. The first-order valence-corrected chi connectivity index (χ1v) is 7.77. The zero-order valence-electron chi connectivity index (χ0n) is 14.3. The van der Waals surface area contributed by atoms with E-state index in [0.29, 0.717) is 12.8 Å². The summed E-state index contributed by atoms with van der Waals surface area (Å²) in [6, 6.07) is 0. The quantitative estimate of drug-likeness (QED) is 0.379. The minimum atomic E-state index is -2.90. The molecular formula is C16H20CaO8. The van der Waals surface area contributed by atoms with Gasteiger partial charge in [0.05, 0.1) is 17.8 Å². The number of hydrogen-bond acceptors (Lipinski definition) is 8. The van der Waals surface area contributed by atoms with E-state index in [2.05, 4.69) is 0 Å². The monoisotopic (exact) mass is 380 g/mol. The van der Waals surface area contributed by atoms with Crippen molar-refractivity contribution in [1.82, 2.24) is 0 Å². The maximum Gasteiger partial charge on any atom is 2.00 e. The molecule has 0 saturated heterocycles. The minimum absolute atomic E-state index is 0. The fourth-order valence-corrected chi connectivity index (χ4v) is 4.05. The van der Waals surface area contributed by atoms with Crippen molar-refractivity contribution in [3.8, 4) is 0 Å². The number of hydrogen-bond donors (Lipinski definition) is 1. The number of ether oxygens (including phenoxy) is 1. The van der Waals surface area contributed by atoms with Crippen LogP contribution in [0.5, 0.6) is 0 Å². The predicted octanol–water partition coefficient (Wildman–Crippen LogP) is -2.44. The van der Waals surface area contributed by atoms with E-state index in [-0.39, 0.29) is 61.5 Å². The predicted molar refractivity (Wildman–Crippen MR) is 79.5 cm³/mol. The van der Waals surface area contributed by atoms with Crippen LogP contribution in [-0.4, -0.2) is 78.7 Å². The minimum Gasteiger partial charge on any atom is -0.550 e.